The Bertz CT molecular complexity index is 526. The lowest BCUT2D eigenvalue weighted by molar-refractivity contribution is -0.138. The molecule has 0 aliphatic carbocycles. The molecular weight excluding hydrogens is 276 g/mol. The lowest BCUT2D eigenvalue weighted by atomic mass is 10.2. The summed E-state index contributed by atoms with van der Waals surface area (Å²) in [6.07, 6.45) is 0. The van der Waals surface area contributed by atoms with Crippen molar-refractivity contribution in [1.29, 1.82) is 0 Å². The van der Waals surface area contributed by atoms with Gasteiger partial charge in [-0.3, -0.25) is 4.79 Å². The summed E-state index contributed by atoms with van der Waals surface area (Å²) in [5, 5.41) is 0. The number of ether oxygens (including phenoxy) is 3. The van der Waals surface area contributed by atoms with Crippen LogP contribution in [-0.4, -0.2) is 56.8 Å². The maximum atomic E-state index is 11.9. The van der Waals surface area contributed by atoms with E-state index in [1.165, 1.54) is 19.2 Å². The molecule has 1 aliphatic heterocycles. The van der Waals surface area contributed by atoms with Gasteiger partial charge in [-0.15, -0.1) is 0 Å². The Morgan fingerprint density at radius 1 is 1.33 bits per heavy atom. The van der Waals surface area contributed by atoms with Gasteiger partial charge in [0.15, 0.2) is 6.61 Å². The number of nitrogens with zero attached hydrogens (tertiary/aromatic N) is 1. The third-order valence-electron chi connectivity index (χ3n) is 3.16. The molecule has 0 unspecified atom stereocenters. The largest absolute Gasteiger partial charge is 0.495 e. The van der Waals surface area contributed by atoms with Gasteiger partial charge < -0.3 is 24.8 Å². The monoisotopic (exact) mass is 294 g/mol. The van der Waals surface area contributed by atoms with Crippen LogP contribution >= 0.6 is 0 Å². The summed E-state index contributed by atoms with van der Waals surface area (Å²) in [6.45, 7) is 1.77. The molecule has 0 aromatic heterocycles. The minimum Gasteiger partial charge on any atom is -0.495 e. The number of amides is 1. The number of benzene rings is 1. The summed E-state index contributed by atoms with van der Waals surface area (Å²) < 4.78 is 15.2. The summed E-state index contributed by atoms with van der Waals surface area (Å²) in [5.41, 5.74) is 6.34. The number of carbonyl (C=O) groups is 2. The molecule has 7 heteroatoms. The van der Waals surface area contributed by atoms with E-state index < -0.39 is 5.97 Å². The molecule has 0 atom stereocenters. The van der Waals surface area contributed by atoms with Gasteiger partial charge in [-0.1, -0.05) is 0 Å². The second-order valence-electron chi connectivity index (χ2n) is 4.53. The Hall–Kier alpha value is -2.28. The second kappa shape index (κ2) is 6.94. The first kappa shape index (κ1) is 15.1. The van der Waals surface area contributed by atoms with Gasteiger partial charge in [0.1, 0.15) is 5.75 Å². The first-order valence-corrected chi connectivity index (χ1v) is 6.58. The summed E-state index contributed by atoms with van der Waals surface area (Å²) in [5.74, 6) is -0.338. The van der Waals surface area contributed by atoms with Crippen molar-refractivity contribution < 1.29 is 23.8 Å². The first-order valence-electron chi connectivity index (χ1n) is 6.58. The summed E-state index contributed by atoms with van der Waals surface area (Å²) in [7, 11) is 1.49. The van der Waals surface area contributed by atoms with E-state index in [1.54, 1.807) is 11.0 Å². The molecule has 1 saturated heterocycles. The van der Waals surface area contributed by atoms with Crippen LogP contribution in [0, 0.1) is 0 Å². The van der Waals surface area contributed by atoms with Crippen molar-refractivity contribution in [2.75, 3.05) is 45.8 Å². The van der Waals surface area contributed by atoms with Crippen molar-refractivity contribution >= 4 is 17.6 Å². The predicted molar refractivity (Wildman–Crippen MR) is 75.1 cm³/mol. The maximum Gasteiger partial charge on any atom is 0.338 e. The Labute approximate surface area is 122 Å². The fourth-order valence-corrected chi connectivity index (χ4v) is 1.98. The van der Waals surface area contributed by atoms with E-state index in [9.17, 15) is 9.59 Å². The molecule has 1 amide bonds. The number of hydrogen-bond donors (Lipinski definition) is 1. The SMILES string of the molecule is COc1ccc(C(=O)OCC(=O)N2CCOCC2)cc1N. The molecule has 1 aromatic rings. The van der Waals surface area contributed by atoms with E-state index in [0.717, 1.165) is 0 Å². The highest BCUT2D eigenvalue weighted by molar-refractivity contribution is 5.92. The molecule has 0 radical (unpaired) electrons. The molecule has 1 heterocycles. The topological polar surface area (TPSA) is 91.1 Å². The molecular formula is C14H18N2O5. The number of hydrogen-bond acceptors (Lipinski definition) is 6. The fourth-order valence-electron chi connectivity index (χ4n) is 1.98. The van der Waals surface area contributed by atoms with Gasteiger partial charge in [0.25, 0.3) is 5.91 Å². The van der Waals surface area contributed by atoms with E-state index in [4.69, 9.17) is 19.9 Å². The van der Waals surface area contributed by atoms with Gasteiger partial charge in [-0.25, -0.2) is 4.79 Å². The van der Waals surface area contributed by atoms with Crippen molar-refractivity contribution in [1.82, 2.24) is 4.90 Å². The first-order chi connectivity index (χ1) is 10.1. The molecule has 0 bridgehead atoms. The van der Waals surface area contributed by atoms with Gasteiger partial charge in [0, 0.05) is 13.1 Å². The van der Waals surface area contributed by atoms with E-state index in [1.807, 2.05) is 0 Å². The number of esters is 1. The maximum absolute atomic E-state index is 11.9. The van der Waals surface area contributed by atoms with Crippen LogP contribution < -0.4 is 10.5 Å². The Balaban J connectivity index is 1.89. The molecule has 2 N–H and O–H groups in total. The molecule has 21 heavy (non-hydrogen) atoms. The van der Waals surface area contributed by atoms with Crippen LogP contribution in [0.25, 0.3) is 0 Å². The van der Waals surface area contributed by atoms with Crippen molar-refractivity contribution in [2.24, 2.45) is 0 Å². The summed E-state index contributed by atoms with van der Waals surface area (Å²) in [6, 6.07) is 4.58. The van der Waals surface area contributed by atoms with Gasteiger partial charge in [0.2, 0.25) is 0 Å². The van der Waals surface area contributed by atoms with E-state index in [2.05, 4.69) is 0 Å². The summed E-state index contributed by atoms with van der Waals surface area (Å²) >= 11 is 0. The van der Waals surface area contributed by atoms with E-state index >= 15 is 0 Å². The van der Waals surface area contributed by atoms with Crippen LogP contribution in [0.1, 0.15) is 10.4 Å². The standard InChI is InChI=1S/C14H18N2O5/c1-19-12-3-2-10(8-11(12)15)14(18)21-9-13(17)16-4-6-20-7-5-16/h2-3,8H,4-7,9,15H2,1H3. The average Bonchev–Trinajstić information content (AvgIpc) is 2.53. The van der Waals surface area contributed by atoms with Crippen LogP contribution in [0.2, 0.25) is 0 Å². The number of carbonyl (C=O) groups excluding carboxylic acids is 2. The van der Waals surface area contributed by atoms with Crippen molar-refractivity contribution in [3.8, 4) is 5.75 Å². The predicted octanol–water partition coefficient (Wildman–Crippen LogP) is 0.293. The number of nitrogens with two attached hydrogens (primary N) is 1. The number of anilines is 1. The van der Waals surface area contributed by atoms with Crippen LogP contribution in [0.4, 0.5) is 5.69 Å². The van der Waals surface area contributed by atoms with Gasteiger partial charge in [-0.2, -0.15) is 0 Å². The molecule has 2 rings (SSSR count). The Morgan fingerprint density at radius 3 is 2.67 bits per heavy atom. The third-order valence-corrected chi connectivity index (χ3v) is 3.16. The molecule has 1 aromatic carbocycles. The van der Waals surface area contributed by atoms with Gasteiger partial charge in [0.05, 0.1) is 31.6 Å². The zero-order valence-electron chi connectivity index (χ0n) is 11.8. The van der Waals surface area contributed by atoms with E-state index in [0.29, 0.717) is 37.7 Å². The van der Waals surface area contributed by atoms with Crippen molar-refractivity contribution in [2.45, 2.75) is 0 Å². The van der Waals surface area contributed by atoms with Crippen LogP contribution in [0.3, 0.4) is 0 Å². The average molecular weight is 294 g/mol. The van der Waals surface area contributed by atoms with E-state index in [-0.39, 0.29) is 18.1 Å². The quantitative estimate of drug-likeness (QED) is 0.634. The fraction of sp³-hybridized carbons (Fsp3) is 0.429. The zero-order chi connectivity index (χ0) is 15.2. The highest BCUT2D eigenvalue weighted by Gasteiger charge is 2.19. The molecule has 1 aliphatic rings. The second-order valence-corrected chi connectivity index (χ2v) is 4.53. The lowest BCUT2D eigenvalue weighted by Gasteiger charge is -2.26. The molecule has 0 saturated carbocycles. The molecule has 7 nitrogen and oxygen atoms in total. The molecule has 0 spiro atoms. The van der Waals surface area contributed by atoms with Gasteiger partial charge in [-0.05, 0) is 18.2 Å². The van der Waals surface area contributed by atoms with Crippen LogP contribution in [0.5, 0.6) is 5.75 Å². The summed E-state index contributed by atoms with van der Waals surface area (Å²) in [4.78, 5) is 25.3. The van der Waals surface area contributed by atoms with Crippen molar-refractivity contribution in [3.63, 3.8) is 0 Å². The number of methoxy groups -OCH3 is 1. The highest BCUT2D eigenvalue weighted by Crippen LogP contribution is 2.22. The number of morpholine rings is 1. The highest BCUT2D eigenvalue weighted by atomic mass is 16.5. The van der Waals surface area contributed by atoms with Crippen LogP contribution in [0.15, 0.2) is 18.2 Å². The number of nitrogen functional groups attached to an aromatic ring is 1. The minimum atomic E-state index is -0.592. The number of rotatable bonds is 4. The lowest BCUT2D eigenvalue weighted by Crippen LogP contribution is -2.42. The Kier molecular flexibility index (Phi) is 4.99. The minimum absolute atomic E-state index is 0.229. The Morgan fingerprint density at radius 2 is 2.05 bits per heavy atom. The van der Waals surface area contributed by atoms with Crippen LogP contribution in [-0.2, 0) is 14.3 Å². The van der Waals surface area contributed by atoms with Gasteiger partial charge >= 0.3 is 5.97 Å². The molecule has 114 valence electrons. The third kappa shape index (κ3) is 3.85. The molecule has 1 fully saturated rings. The smallest absolute Gasteiger partial charge is 0.338 e. The zero-order valence-corrected chi connectivity index (χ0v) is 11.8. The van der Waals surface area contributed by atoms with Crippen molar-refractivity contribution in [3.05, 3.63) is 23.8 Å². The normalized spacial score (nSPS) is 14.6.